The van der Waals surface area contributed by atoms with E-state index in [2.05, 4.69) is 13.8 Å². The van der Waals surface area contributed by atoms with Crippen LogP contribution in [0.1, 0.15) is 45.1 Å². The van der Waals surface area contributed by atoms with Gasteiger partial charge in [-0.2, -0.15) is 0 Å². The van der Waals surface area contributed by atoms with Gasteiger partial charge in [-0.15, -0.1) is 0 Å². The number of amides is 1. The van der Waals surface area contributed by atoms with Gasteiger partial charge in [0.25, 0.3) is 5.91 Å². The van der Waals surface area contributed by atoms with Gasteiger partial charge in [0.15, 0.2) is 0 Å². The van der Waals surface area contributed by atoms with Crippen LogP contribution in [0, 0.1) is 0 Å². The van der Waals surface area contributed by atoms with Gasteiger partial charge in [-0.05, 0) is 51.0 Å². The molecule has 3 nitrogen and oxygen atoms in total. The number of carbonyl (C=O) groups excluding carboxylic acids is 1. The monoisotopic (exact) mass is 319 g/mol. The average molecular weight is 320 g/mol. The maximum atomic E-state index is 13.0. The lowest BCUT2D eigenvalue weighted by Gasteiger charge is -2.34. The largest absolute Gasteiger partial charge is 0.488 e. The highest BCUT2D eigenvalue weighted by molar-refractivity contribution is 6.30. The Bertz CT molecular complexity index is 603. The fraction of sp³-hybridized carbons (Fsp3) is 0.500. The molecule has 1 aliphatic carbocycles. The molecule has 0 saturated heterocycles. The van der Waals surface area contributed by atoms with Crippen molar-refractivity contribution in [2.75, 3.05) is 6.61 Å². The van der Waals surface area contributed by atoms with Gasteiger partial charge in [0.2, 0.25) is 0 Å². The molecule has 22 heavy (non-hydrogen) atoms. The second-order valence-electron chi connectivity index (χ2n) is 6.38. The zero-order chi connectivity index (χ0) is 15.7. The predicted octanol–water partition coefficient (Wildman–Crippen LogP) is 4.30. The van der Waals surface area contributed by atoms with E-state index in [1.807, 2.05) is 23.1 Å². The van der Waals surface area contributed by atoms with Crippen LogP contribution in [0.2, 0.25) is 5.02 Å². The van der Waals surface area contributed by atoms with Gasteiger partial charge in [-0.25, -0.2) is 0 Å². The molecule has 0 N–H and O–H groups in total. The molecule has 118 valence electrons. The van der Waals surface area contributed by atoms with Crippen molar-refractivity contribution in [3.63, 3.8) is 0 Å². The zero-order valence-electron chi connectivity index (χ0n) is 13.1. The molecule has 4 heteroatoms. The third-order valence-corrected chi connectivity index (χ3v) is 4.70. The van der Waals surface area contributed by atoms with Crippen molar-refractivity contribution in [3.8, 4) is 5.75 Å². The van der Waals surface area contributed by atoms with Crippen LogP contribution in [-0.2, 0) is 4.79 Å². The number of hydrogen-bond donors (Lipinski definition) is 0. The summed E-state index contributed by atoms with van der Waals surface area (Å²) in [6.07, 6.45) is 6.59. The van der Waals surface area contributed by atoms with E-state index in [1.165, 1.54) is 12.8 Å². The van der Waals surface area contributed by atoms with Crippen LogP contribution >= 0.6 is 11.6 Å². The Balaban J connectivity index is 1.87. The van der Waals surface area contributed by atoms with Crippen molar-refractivity contribution >= 4 is 23.6 Å². The molecule has 1 amide bonds. The average Bonchev–Trinajstić information content (AvgIpc) is 3.00. The SMILES string of the molecule is CC(C)N(C(=O)C1=Cc2cc(Cl)ccc2OC1)C1CCCC1. The smallest absolute Gasteiger partial charge is 0.253 e. The predicted molar refractivity (Wildman–Crippen MR) is 89.2 cm³/mol. The molecular formula is C18H22ClNO2. The Kier molecular flexibility index (Phi) is 4.44. The minimum atomic E-state index is 0.104. The molecule has 1 heterocycles. The van der Waals surface area contributed by atoms with Crippen molar-refractivity contribution in [1.82, 2.24) is 4.90 Å². The summed E-state index contributed by atoms with van der Waals surface area (Å²) in [5, 5.41) is 0.656. The van der Waals surface area contributed by atoms with Gasteiger partial charge in [0.1, 0.15) is 12.4 Å². The minimum absolute atomic E-state index is 0.104. The van der Waals surface area contributed by atoms with Crippen molar-refractivity contribution < 1.29 is 9.53 Å². The van der Waals surface area contributed by atoms with Crippen molar-refractivity contribution in [2.24, 2.45) is 0 Å². The first-order valence-corrected chi connectivity index (χ1v) is 8.39. The van der Waals surface area contributed by atoms with Crippen LogP contribution in [0.5, 0.6) is 5.75 Å². The molecule has 0 unspecified atom stereocenters. The Morgan fingerprint density at radius 2 is 2.05 bits per heavy atom. The fourth-order valence-corrected chi connectivity index (χ4v) is 3.62. The molecule has 1 saturated carbocycles. The molecule has 3 rings (SSSR count). The Morgan fingerprint density at radius 3 is 2.73 bits per heavy atom. The van der Waals surface area contributed by atoms with Gasteiger partial charge in [-0.3, -0.25) is 4.79 Å². The lowest BCUT2D eigenvalue weighted by atomic mass is 10.0. The van der Waals surface area contributed by atoms with Gasteiger partial charge in [-0.1, -0.05) is 24.4 Å². The number of ether oxygens (including phenoxy) is 1. The highest BCUT2D eigenvalue weighted by atomic mass is 35.5. The Labute approximate surface area is 136 Å². The topological polar surface area (TPSA) is 29.5 Å². The summed E-state index contributed by atoms with van der Waals surface area (Å²) < 4.78 is 5.73. The first kappa shape index (κ1) is 15.4. The van der Waals surface area contributed by atoms with Crippen LogP contribution in [0.15, 0.2) is 23.8 Å². The third kappa shape index (κ3) is 3.00. The summed E-state index contributed by atoms with van der Waals surface area (Å²) >= 11 is 6.04. The second-order valence-corrected chi connectivity index (χ2v) is 6.82. The number of rotatable bonds is 3. The number of hydrogen-bond acceptors (Lipinski definition) is 2. The first-order chi connectivity index (χ1) is 10.6. The van der Waals surface area contributed by atoms with E-state index in [4.69, 9.17) is 16.3 Å². The quantitative estimate of drug-likeness (QED) is 0.831. The van der Waals surface area contributed by atoms with Crippen LogP contribution in [0.25, 0.3) is 6.08 Å². The van der Waals surface area contributed by atoms with E-state index in [-0.39, 0.29) is 11.9 Å². The molecule has 0 aromatic heterocycles. The Hall–Kier alpha value is -1.48. The molecule has 1 fully saturated rings. The first-order valence-electron chi connectivity index (χ1n) is 8.02. The highest BCUT2D eigenvalue weighted by Gasteiger charge is 2.31. The van der Waals surface area contributed by atoms with E-state index >= 15 is 0 Å². The summed E-state index contributed by atoms with van der Waals surface area (Å²) in [5.41, 5.74) is 1.60. The zero-order valence-corrected chi connectivity index (χ0v) is 13.9. The van der Waals surface area contributed by atoms with Crippen LogP contribution < -0.4 is 4.74 Å². The number of carbonyl (C=O) groups is 1. The molecule has 0 atom stereocenters. The Morgan fingerprint density at radius 1 is 1.32 bits per heavy atom. The minimum Gasteiger partial charge on any atom is -0.488 e. The highest BCUT2D eigenvalue weighted by Crippen LogP contribution is 2.31. The lowest BCUT2D eigenvalue weighted by Crippen LogP contribution is -2.45. The molecule has 0 spiro atoms. The molecule has 2 aliphatic rings. The summed E-state index contributed by atoms with van der Waals surface area (Å²) in [4.78, 5) is 15.0. The van der Waals surface area contributed by atoms with Crippen LogP contribution in [0.4, 0.5) is 0 Å². The summed E-state index contributed by atoms with van der Waals surface area (Å²) in [7, 11) is 0. The van der Waals surface area contributed by atoms with E-state index < -0.39 is 0 Å². The summed E-state index contributed by atoms with van der Waals surface area (Å²) in [6.45, 7) is 4.51. The van der Waals surface area contributed by atoms with E-state index in [0.717, 1.165) is 29.7 Å². The van der Waals surface area contributed by atoms with Crippen molar-refractivity contribution in [1.29, 1.82) is 0 Å². The molecule has 0 bridgehead atoms. The lowest BCUT2D eigenvalue weighted by molar-refractivity contribution is -0.131. The number of nitrogens with zero attached hydrogens (tertiary/aromatic N) is 1. The van der Waals surface area contributed by atoms with Gasteiger partial charge >= 0.3 is 0 Å². The van der Waals surface area contributed by atoms with Crippen LogP contribution in [0.3, 0.4) is 0 Å². The molecule has 1 aromatic rings. The third-order valence-electron chi connectivity index (χ3n) is 4.47. The molecule has 1 aliphatic heterocycles. The van der Waals surface area contributed by atoms with Gasteiger partial charge in [0.05, 0.1) is 5.57 Å². The molecule has 0 radical (unpaired) electrons. The van der Waals surface area contributed by atoms with Crippen molar-refractivity contribution in [3.05, 3.63) is 34.4 Å². The maximum Gasteiger partial charge on any atom is 0.253 e. The summed E-state index contributed by atoms with van der Waals surface area (Å²) in [6, 6.07) is 6.08. The van der Waals surface area contributed by atoms with Gasteiger partial charge in [0, 0.05) is 22.7 Å². The van der Waals surface area contributed by atoms with Crippen molar-refractivity contribution in [2.45, 2.75) is 51.6 Å². The van der Waals surface area contributed by atoms with Gasteiger partial charge < -0.3 is 9.64 Å². The second kappa shape index (κ2) is 6.33. The fourth-order valence-electron chi connectivity index (χ4n) is 3.44. The van der Waals surface area contributed by atoms with Crippen LogP contribution in [-0.4, -0.2) is 29.5 Å². The molecular weight excluding hydrogens is 298 g/mol. The number of halogens is 1. The van der Waals surface area contributed by atoms with E-state index in [0.29, 0.717) is 17.7 Å². The standard InChI is InChI=1S/C18H22ClNO2/c1-12(2)20(16-5-3-4-6-16)18(21)14-9-13-10-15(19)7-8-17(13)22-11-14/h7-10,12,16H,3-6,11H2,1-2H3. The van der Waals surface area contributed by atoms with E-state index in [9.17, 15) is 4.79 Å². The number of benzene rings is 1. The van der Waals surface area contributed by atoms with E-state index in [1.54, 1.807) is 6.07 Å². The normalized spacial score (nSPS) is 17.9. The number of fused-ring (bicyclic) bond motifs is 1. The summed E-state index contributed by atoms with van der Waals surface area (Å²) in [5.74, 6) is 0.894. The maximum absolute atomic E-state index is 13.0. The molecule has 1 aromatic carbocycles.